The summed E-state index contributed by atoms with van der Waals surface area (Å²) in [5.74, 6) is -0.408. The first kappa shape index (κ1) is 10.9. The van der Waals surface area contributed by atoms with Gasteiger partial charge < -0.3 is 0 Å². The maximum atomic E-state index is 12.4. The van der Waals surface area contributed by atoms with Crippen molar-refractivity contribution in [3.63, 3.8) is 0 Å². The molecule has 0 aromatic rings. The summed E-state index contributed by atoms with van der Waals surface area (Å²) in [5.41, 5.74) is 0. The van der Waals surface area contributed by atoms with Gasteiger partial charge in [0.1, 0.15) is 0 Å². The smallest absolute Gasteiger partial charge is 0.171 e. The lowest BCUT2D eigenvalue weighted by Crippen LogP contribution is -2.24. The summed E-state index contributed by atoms with van der Waals surface area (Å²) in [7, 11) is 0. The van der Waals surface area contributed by atoms with Gasteiger partial charge in [0.2, 0.25) is 0 Å². The first-order valence-electron chi connectivity index (χ1n) is 5.07. The van der Waals surface area contributed by atoms with Crippen molar-refractivity contribution >= 4 is 0 Å². The Kier molecular flexibility index (Phi) is 3.63. The van der Waals surface area contributed by atoms with Crippen LogP contribution >= 0.6 is 0 Å². The molecule has 1 aliphatic rings. The van der Waals surface area contributed by atoms with Crippen molar-refractivity contribution in [1.82, 2.24) is 0 Å². The van der Waals surface area contributed by atoms with Gasteiger partial charge in [-0.3, -0.25) is 0 Å². The third kappa shape index (κ3) is 3.57. The Balaban J connectivity index is 2.42. The van der Waals surface area contributed by atoms with Crippen molar-refractivity contribution in [2.24, 2.45) is 11.8 Å². The van der Waals surface area contributed by atoms with E-state index < -0.39 is 12.1 Å². The lowest BCUT2D eigenvalue weighted by atomic mass is 9.86. The molecule has 3 heteroatoms. The van der Waals surface area contributed by atoms with Crippen LogP contribution in [0.15, 0.2) is 0 Å². The van der Waals surface area contributed by atoms with E-state index in [9.17, 15) is 13.2 Å². The van der Waals surface area contributed by atoms with Crippen LogP contribution in [-0.2, 0) is 0 Å². The second kappa shape index (κ2) is 4.34. The Morgan fingerprint density at radius 3 is 1.77 bits per heavy atom. The topological polar surface area (TPSA) is 0 Å². The van der Waals surface area contributed by atoms with Crippen LogP contribution in [0.3, 0.4) is 0 Å². The molecule has 0 aliphatic heterocycles. The van der Waals surface area contributed by atoms with E-state index in [1.54, 1.807) is 0 Å². The molecule has 0 aromatic carbocycles. The minimum absolute atomic E-state index is 0.341. The lowest BCUT2D eigenvalue weighted by Gasteiger charge is -2.24. The third-order valence-electron chi connectivity index (χ3n) is 2.96. The van der Waals surface area contributed by atoms with Crippen LogP contribution < -0.4 is 0 Å². The molecule has 1 aliphatic carbocycles. The van der Waals surface area contributed by atoms with E-state index in [4.69, 9.17) is 0 Å². The summed E-state index contributed by atoms with van der Waals surface area (Å²) in [5, 5.41) is 0. The van der Waals surface area contributed by atoms with Gasteiger partial charge in [0, 0.05) is 0 Å². The van der Waals surface area contributed by atoms with Gasteiger partial charge >= 0.3 is 6.18 Å². The molecule has 1 fully saturated rings. The Labute approximate surface area is 77.5 Å². The predicted molar refractivity (Wildman–Crippen MR) is 46.4 cm³/mol. The zero-order chi connectivity index (χ0) is 9.90. The second-order valence-electron chi connectivity index (χ2n) is 4.21. The zero-order valence-corrected chi connectivity index (χ0v) is 8.03. The Morgan fingerprint density at radius 2 is 1.38 bits per heavy atom. The fourth-order valence-electron chi connectivity index (χ4n) is 2.04. The van der Waals surface area contributed by atoms with Gasteiger partial charge in [-0.2, -0.15) is 13.2 Å². The minimum Gasteiger partial charge on any atom is -0.171 e. The lowest BCUT2D eigenvalue weighted by molar-refractivity contribution is -0.179. The molecule has 0 amide bonds. The van der Waals surface area contributed by atoms with Gasteiger partial charge in [-0.05, 0) is 18.8 Å². The fourth-order valence-corrected chi connectivity index (χ4v) is 2.04. The summed E-state index contributed by atoms with van der Waals surface area (Å²) in [6.45, 7) is 2.13. The van der Waals surface area contributed by atoms with Crippen molar-refractivity contribution in [3.8, 4) is 0 Å². The van der Waals surface area contributed by atoms with E-state index in [1.165, 1.54) is 0 Å². The molecule has 0 unspecified atom stereocenters. The second-order valence-corrected chi connectivity index (χ2v) is 4.21. The average Bonchev–Trinajstić information content (AvgIpc) is 1.93. The summed E-state index contributed by atoms with van der Waals surface area (Å²) in [6, 6.07) is 0. The summed E-state index contributed by atoms with van der Waals surface area (Å²) in [4.78, 5) is 0. The molecule has 13 heavy (non-hydrogen) atoms. The molecule has 0 N–H and O–H groups in total. The highest BCUT2D eigenvalue weighted by Crippen LogP contribution is 2.36. The van der Waals surface area contributed by atoms with Gasteiger partial charge in [0.25, 0.3) is 0 Å². The maximum Gasteiger partial charge on any atom is 0.391 e. The van der Waals surface area contributed by atoms with Crippen LogP contribution in [0.2, 0.25) is 0 Å². The van der Waals surface area contributed by atoms with E-state index in [1.807, 2.05) is 0 Å². The first-order chi connectivity index (χ1) is 6.00. The molecule has 0 heterocycles. The average molecular weight is 194 g/mol. The summed E-state index contributed by atoms with van der Waals surface area (Å²) < 4.78 is 37.1. The Morgan fingerprint density at radius 1 is 0.923 bits per heavy atom. The van der Waals surface area contributed by atoms with Gasteiger partial charge in [-0.15, -0.1) is 0 Å². The van der Waals surface area contributed by atoms with Crippen molar-refractivity contribution in [2.45, 2.75) is 51.6 Å². The highest BCUT2D eigenvalue weighted by atomic mass is 19.4. The van der Waals surface area contributed by atoms with Crippen LogP contribution in [0.25, 0.3) is 0 Å². The van der Waals surface area contributed by atoms with Crippen molar-refractivity contribution in [3.05, 3.63) is 0 Å². The van der Waals surface area contributed by atoms with Gasteiger partial charge in [-0.1, -0.05) is 32.6 Å². The molecule has 0 radical (unpaired) electrons. The fraction of sp³-hybridized carbons (Fsp3) is 1.00. The maximum absolute atomic E-state index is 12.4. The summed E-state index contributed by atoms with van der Waals surface area (Å²) in [6.07, 6.45) is 0.137. The number of hydrogen-bond acceptors (Lipinski definition) is 0. The molecule has 0 atom stereocenters. The van der Waals surface area contributed by atoms with E-state index in [-0.39, 0.29) is 0 Å². The monoisotopic (exact) mass is 194 g/mol. The summed E-state index contributed by atoms with van der Waals surface area (Å²) >= 11 is 0. The molecular weight excluding hydrogens is 177 g/mol. The largest absolute Gasteiger partial charge is 0.391 e. The van der Waals surface area contributed by atoms with Gasteiger partial charge in [0.05, 0.1) is 5.92 Å². The van der Waals surface area contributed by atoms with E-state index >= 15 is 0 Å². The quantitative estimate of drug-likeness (QED) is 0.543. The van der Waals surface area contributed by atoms with E-state index in [0.717, 1.165) is 25.7 Å². The molecule has 0 nitrogen and oxygen atoms in total. The molecule has 0 aromatic heterocycles. The SMILES string of the molecule is CC1CCCC(C(F)(F)F)CCC1. The normalized spacial score (nSPS) is 32.3. The minimum atomic E-state index is -3.96. The van der Waals surface area contributed by atoms with Crippen LogP contribution in [0.1, 0.15) is 45.4 Å². The number of alkyl halides is 3. The van der Waals surface area contributed by atoms with Crippen molar-refractivity contribution in [2.75, 3.05) is 0 Å². The van der Waals surface area contributed by atoms with Crippen LogP contribution in [0, 0.1) is 11.8 Å². The highest BCUT2D eigenvalue weighted by Gasteiger charge is 2.38. The van der Waals surface area contributed by atoms with Gasteiger partial charge in [-0.25, -0.2) is 0 Å². The number of rotatable bonds is 0. The van der Waals surface area contributed by atoms with Crippen LogP contribution in [-0.4, -0.2) is 6.18 Å². The zero-order valence-electron chi connectivity index (χ0n) is 8.03. The third-order valence-corrected chi connectivity index (χ3v) is 2.96. The highest BCUT2D eigenvalue weighted by molar-refractivity contribution is 4.71. The number of halogens is 3. The molecule has 1 saturated carbocycles. The standard InChI is InChI=1S/C10H17F3/c1-8-4-2-6-9(7-3-5-8)10(11,12)13/h8-9H,2-7H2,1H3. The van der Waals surface area contributed by atoms with Gasteiger partial charge in [0.15, 0.2) is 0 Å². The first-order valence-corrected chi connectivity index (χ1v) is 5.07. The molecule has 78 valence electrons. The van der Waals surface area contributed by atoms with E-state index in [0.29, 0.717) is 18.8 Å². The predicted octanol–water partition coefficient (Wildman–Crippen LogP) is 4.16. The molecule has 0 saturated heterocycles. The van der Waals surface area contributed by atoms with Crippen molar-refractivity contribution < 1.29 is 13.2 Å². The Bertz CT molecular complexity index is 141. The molecular formula is C10H17F3. The molecule has 0 bridgehead atoms. The molecule has 0 spiro atoms. The number of hydrogen-bond donors (Lipinski definition) is 0. The van der Waals surface area contributed by atoms with Crippen LogP contribution in [0.4, 0.5) is 13.2 Å². The molecule has 1 rings (SSSR count). The van der Waals surface area contributed by atoms with E-state index in [2.05, 4.69) is 6.92 Å². The van der Waals surface area contributed by atoms with Crippen molar-refractivity contribution in [1.29, 1.82) is 0 Å². The van der Waals surface area contributed by atoms with Crippen LogP contribution in [0.5, 0.6) is 0 Å². The Hall–Kier alpha value is -0.210.